The predicted octanol–water partition coefficient (Wildman–Crippen LogP) is 1.84. The van der Waals surface area contributed by atoms with Gasteiger partial charge in [-0.05, 0) is 72.7 Å². The van der Waals surface area contributed by atoms with E-state index < -0.39 is 47.8 Å². The van der Waals surface area contributed by atoms with Crippen LogP contribution >= 0.6 is 0 Å². The van der Waals surface area contributed by atoms with Crippen molar-refractivity contribution in [2.24, 2.45) is 5.92 Å². The number of carbonyl (C=O) groups excluding carboxylic acids is 1. The number of nitriles is 1. The summed E-state index contributed by atoms with van der Waals surface area (Å²) in [6.07, 6.45) is -1.59. The second-order valence-electron chi connectivity index (χ2n) is 10.7. The minimum absolute atomic E-state index is 0.258. The molecule has 3 heterocycles. The Kier molecular flexibility index (Phi) is 8.46. The highest BCUT2D eigenvalue weighted by atomic mass is 16.6. The molecule has 3 aromatic rings. The Morgan fingerprint density at radius 2 is 1.76 bits per heavy atom. The lowest BCUT2D eigenvalue weighted by Crippen LogP contribution is -2.61. The Labute approximate surface area is 241 Å². The molecular formula is C30H31N5O7. The van der Waals surface area contributed by atoms with Crippen LogP contribution in [-0.4, -0.2) is 72.8 Å². The van der Waals surface area contributed by atoms with Gasteiger partial charge in [0.25, 0.3) is 5.91 Å². The van der Waals surface area contributed by atoms with Gasteiger partial charge in [0.1, 0.15) is 24.1 Å². The molecule has 2 aliphatic rings. The van der Waals surface area contributed by atoms with Crippen molar-refractivity contribution >= 4 is 23.4 Å². The molecule has 1 aliphatic heterocycles. The Bertz CT molecular complexity index is 1460. The van der Waals surface area contributed by atoms with E-state index in [0.717, 1.165) is 5.56 Å². The van der Waals surface area contributed by atoms with Gasteiger partial charge in [-0.3, -0.25) is 9.78 Å². The number of amides is 1. The first kappa shape index (κ1) is 29.1. The third-order valence-corrected chi connectivity index (χ3v) is 8.08. The molecule has 0 bridgehead atoms. The maximum absolute atomic E-state index is 13.1. The summed E-state index contributed by atoms with van der Waals surface area (Å²) in [5.41, 5.74) is 1.62. The largest absolute Gasteiger partial charge is 0.479 e. The number of pyridine rings is 2. The van der Waals surface area contributed by atoms with E-state index >= 15 is 0 Å². The normalized spacial score (nSPS) is 28.9. The van der Waals surface area contributed by atoms with E-state index in [4.69, 9.17) is 4.74 Å². The number of carboxylic acid groups (broad SMARTS) is 1. The molecule has 1 aromatic carbocycles. The zero-order valence-electron chi connectivity index (χ0n) is 22.5. The van der Waals surface area contributed by atoms with Crippen molar-refractivity contribution in [3.63, 3.8) is 0 Å². The lowest BCUT2D eigenvalue weighted by molar-refractivity contribution is -0.237. The molecule has 6 N–H and O–H groups in total. The fourth-order valence-corrected chi connectivity index (χ4v) is 5.78. The Balaban J connectivity index is 1.26. The molecule has 12 nitrogen and oxygen atoms in total. The number of aromatic nitrogens is 2. The molecule has 0 radical (unpaired) electrons. The summed E-state index contributed by atoms with van der Waals surface area (Å²) in [5, 5.41) is 56.4. The van der Waals surface area contributed by atoms with E-state index in [1.165, 1.54) is 0 Å². The zero-order valence-corrected chi connectivity index (χ0v) is 22.5. The smallest absolute Gasteiger partial charge is 0.335 e. The van der Waals surface area contributed by atoms with Gasteiger partial charge in [0, 0.05) is 30.8 Å². The van der Waals surface area contributed by atoms with Crippen LogP contribution in [0.4, 0.5) is 11.5 Å². The summed E-state index contributed by atoms with van der Waals surface area (Å²) >= 11 is 0. The second kappa shape index (κ2) is 12.2. The van der Waals surface area contributed by atoms with Crippen molar-refractivity contribution in [2.45, 2.75) is 61.7 Å². The number of nitrogens with zero attached hydrogens (tertiary/aromatic N) is 3. The van der Waals surface area contributed by atoms with Gasteiger partial charge in [-0.1, -0.05) is 12.1 Å². The summed E-state index contributed by atoms with van der Waals surface area (Å²) < 4.78 is 5.53. The van der Waals surface area contributed by atoms with Crippen LogP contribution in [0.1, 0.15) is 40.7 Å². The predicted molar refractivity (Wildman–Crippen MR) is 149 cm³/mol. The maximum atomic E-state index is 13.1. The Hall–Kier alpha value is -4.41. The molecular weight excluding hydrogens is 542 g/mol. The molecule has 12 heteroatoms. The monoisotopic (exact) mass is 573 g/mol. The lowest BCUT2D eigenvalue weighted by atomic mass is 9.78. The van der Waals surface area contributed by atoms with Crippen molar-refractivity contribution in [2.75, 3.05) is 10.6 Å². The van der Waals surface area contributed by atoms with Crippen LogP contribution in [-0.2, 0) is 21.5 Å². The van der Waals surface area contributed by atoms with E-state index in [0.29, 0.717) is 42.0 Å². The van der Waals surface area contributed by atoms with Crippen molar-refractivity contribution in [1.29, 1.82) is 5.26 Å². The van der Waals surface area contributed by atoms with E-state index in [-0.39, 0.29) is 12.3 Å². The van der Waals surface area contributed by atoms with Crippen LogP contribution in [0, 0.1) is 17.2 Å². The minimum atomic E-state index is -1.77. The summed E-state index contributed by atoms with van der Waals surface area (Å²) in [5.74, 6) is -1.80. The first-order valence-corrected chi connectivity index (χ1v) is 13.6. The molecule has 0 unspecified atom stereocenters. The van der Waals surface area contributed by atoms with Crippen LogP contribution in [0.5, 0.6) is 0 Å². The molecule has 5 rings (SSSR count). The topological polar surface area (TPSA) is 198 Å². The minimum Gasteiger partial charge on any atom is -0.479 e. The number of aliphatic carboxylic acids is 1. The highest BCUT2D eigenvalue weighted by Crippen LogP contribution is 2.47. The SMILES string of the molecule is N#C[C@@]1(c2ccc(NC(=O)c3cccnc3NCc3ccncc3)cc2)CC[C@H]([C@@H]2O[C@H](C(=O)O)[C@@H](O)[C@H](O)[C@H]2O)C1. The molecule has 42 heavy (non-hydrogen) atoms. The first-order valence-electron chi connectivity index (χ1n) is 13.6. The number of aliphatic hydroxyl groups excluding tert-OH is 3. The van der Waals surface area contributed by atoms with E-state index in [1.807, 2.05) is 12.1 Å². The number of benzene rings is 1. The van der Waals surface area contributed by atoms with Gasteiger partial charge in [-0.15, -0.1) is 0 Å². The van der Waals surface area contributed by atoms with Crippen LogP contribution in [0.2, 0.25) is 0 Å². The molecule has 7 atom stereocenters. The number of anilines is 2. The van der Waals surface area contributed by atoms with Crippen LogP contribution < -0.4 is 10.6 Å². The zero-order chi connectivity index (χ0) is 29.9. The van der Waals surface area contributed by atoms with Gasteiger partial charge in [0.15, 0.2) is 6.10 Å². The highest BCUT2D eigenvalue weighted by Gasteiger charge is 2.53. The fourth-order valence-electron chi connectivity index (χ4n) is 5.78. The van der Waals surface area contributed by atoms with E-state index in [9.17, 15) is 35.3 Å². The first-order chi connectivity index (χ1) is 20.2. The number of carboxylic acids is 1. The van der Waals surface area contributed by atoms with Crippen molar-refractivity contribution in [1.82, 2.24) is 9.97 Å². The number of hydrogen-bond donors (Lipinski definition) is 6. The van der Waals surface area contributed by atoms with Gasteiger partial charge in [-0.2, -0.15) is 5.26 Å². The third kappa shape index (κ3) is 5.81. The molecule has 2 fully saturated rings. The molecule has 218 valence electrons. The molecule has 2 aromatic heterocycles. The maximum Gasteiger partial charge on any atom is 0.335 e. The average molecular weight is 574 g/mol. The van der Waals surface area contributed by atoms with Crippen molar-refractivity contribution < 1.29 is 34.8 Å². The van der Waals surface area contributed by atoms with Crippen molar-refractivity contribution in [3.8, 4) is 6.07 Å². The molecule has 0 spiro atoms. The van der Waals surface area contributed by atoms with Crippen LogP contribution in [0.15, 0.2) is 67.1 Å². The summed E-state index contributed by atoms with van der Waals surface area (Å²) in [7, 11) is 0. The summed E-state index contributed by atoms with van der Waals surface area (Å²) in [6, 6.07) is 16.4. The molecule has 1 aliphatic carbocycles. The van der Waals surface area contributed by atoms with Gasteiger partial charge < -0.3 is 35.8 Å². The van der Waals surface area contributed by atoms with Gasteiger partial charge in [-0.25, -0.2) is 9.78 Å². The quantitative estimate of drug-likeness (QED) is 0.230. The number of nitrogens with one attached hydrogen (secondary N) is 2. The molecule has 1 saturated carbocycles. The van der Waals surface area contributed by atoms with Gasteiger partial charge in [0.2, 0.25) is 0 Å². The number of rotatable bonds is 8. The standard InChI is InChI=1S/C30H31N5O7/c31-16-30(10-7-18(14-30)25-23(37)22(36)24(38)26(42-25)29(40)41)19-3-5-20(6-4-19)35-28(39)21-2-1-11-33-27(21)34-15-17-8-12-32-13-9-17/h1-6,8-9,11-13,18,22-26,36-38H,7,10,14-15H2,(H,33,34)(H,35,39)(H,40,41)/t18-,22+,23+,24-,25-,26-,30+/m0/s1. The van der Waals surface area contributed by atoms with Crippen LogP contribution in [0.3, 0.4) is 0 Å². The van der Waals surface area contributed by atoms with Crippen LogP contribution in [0.25, 0.3) is 0 Å². The third-order valence-electron chi connectivity index (χ3n) is 8.08. The molecule has 1 amide bonds. The second-order valence-corrected chi connectivity index (χ2v) is 10.7. The van der Waals surface area contributed by atoms with Crippen molar-refractivity contribution in [3.05, 3.63) is 83.8 Å². The van der Waals surface area contributed by atoms with Gasteiger partial charge in [0.05, 0.1) is 23.2 Å². The molecule has 1 saturated heterocycles. The highest BCUT2D eigenvalue weighted by molar-refractivity contribution is 6.07. The number of hydrogen-bond acceptors (Lipinski definition) is 10. The number of ether oxygens (including phenoxy) is 1. The van der Waals surface area contributed by atoms with E-state index in [1.54, 1.807) is 55.0 Å². The lowest BCUT2D eigenvalue weighted by Gasteiger charge is -2.41. The number of carbonyl (C=O) groups is 2. The average Bonchev–Trinajstić information content (AvgIpc) is 3.45. The Morgan fingerprint density at radius 1 is 1.02 bits per heavy atom. The van der Waals surface area contributed by atoms with E-state index in [2.05, 4.69) is 26.7 Å². The Morgan fingerprint density at radius 3 is 2.45 bits per heavy atom. The summed E-state index contributed by atoms with van der Waals surface area (Å²) in [6.45, 7) is 0.463. The van der Waals surface area contributed by atoms with Gasteiger partial charge >= 0.3 is 5.97 Å². The number of aliphatic hydroxyl groups is 3. The fraction of sp³-hybridized carbons (Fsp3) is 0.367. The summed E-state index contributed by atoms with van der Waals surface area (Å²) in [4.78, 5) is 32.9.